The van der Waals surface area contributed by atoms with Crippen LogP contribution < -0.4 is 14.8 Å². The Morgan fingerprint density at radius 3 is 2.50 bits per heavy atom. The summed E-state index contributed by atoms with van der Waals surface area (Å²) in [5.74, 6) is 3.02. The van der Waals surface area contributed by atoms with E-state index in [9.17, 15) is 10.1 Å². The maximum Gasteiger partial charge on any atom is 0.266 e. The highest BCUT2D eigenvalue weighted by Crippen LogP contribution is 2.27. The molecule has 8 heteroatoms. The molecule has 0 radical (unpaired) electrons. The second-order valence-electron chi connectivity index (χ2n) is 6.86. The topological polar surface area (TPSA) is 71.3 Å². The molecule has 0 atom stereocenters. The quantitative estimate of drug-likeness (QED) is 0.186. The molecular weight excluding hydrogens is 539 g/mol. The zero-order valence-corrected chi connectivity index (χ0v) is 20.7. The number of carbonyl (C=O) groups excluding carboxylic acids is 1. The minimum absolute atomic E-state index is 0.0538. The van der Waals surface area contributed by atoms with Gasteiger partial charge in [-0.2, -0.15) is 5.26 Å². The minimum atomic E-state index is -0.534. The van der Waals surface area contributed by atoms with E-state index in [1.54, 1.807) is 60.7 Å². The Morgan fingerprint density at radius 2 is 1.85 bits per heavy atom. The van der Waals surface area contributed by atoms with E-state index in [1.165, 1.54) is 6.08 Å². The smallest absolute Gasteiger partial charge is 0.266 e. The van der Waals surface area contributed by atoms with E-state index >= 15 is 0 Å². The van der Waals surface area contributed by atoms with Gasteiger partial charge >= 0.3 is 0 Å². The van der Waals surface area contributed by atoms with Gasteiger partial charge in [0.25, 0.3) is 5.91 Å². The van der Waals surface area contributed by atoms with E-state index in [-0.39, 0.29) is 18.8 Å². The average molecular weight is 556 g/mol. The molecular formula is C26H17BrCl2N2O3. The van der Waals surface area contributed by atoms with Crippen LogP contribution in [0.4, 0.5) is 5.69 Å². The summed E-state index contributed by atoms with van der Waals surface area (Å²) in [7, 11) is 0. The van der Waals surface area contributed by atoms with Gasteiger partial charge in [0.1, 0.15) is 36.4 Å². The third kappa shape index (κ3) is 7.04. The number of ether oxygens (including phenoxy) is 2. The molecule has 0 fully saturated rings. The Balaban J connectivity index is 1.63. The number of nitrogens with one attached hydrogen (secondary N) is 1. The summed E-state index contributed by atoms with van der Waals surface area (Å²) in [4.78, 5) is 12.6. The van der Waals surface area contributed by atoms with Crippen LogP contribution in [0.25, 0.3) is 6.08 Å². The van der Waals surface area contributed by atoms with Crippen molar-refractivity contribution in [2.45, 2.75) is 6.61 Å². The van der Waals surface area contributed by atoms with E-state index in [0.29, 0.717) is 37.3 Å². The molecule has 0 aliphatic carbocycles. The predicted octanol–water partition coefficient (Wildman–Crippen LogP) is 6.89. The first kappa shape index (κ1) is 25.2. The molecule has 3 aromatic carbocycles. The SMILES string of the molecule is C#CCOc1ccc(/C=C(\C#N)C(=O)Nc2ccc(OCc3ccc(Cl)cc3Cl)cc2)cc1Br. The normalized spacial score (nSPS) is 10.7. The first-order valence-electron chi connectivity index (χ1n) is 9.85. The van der Waals surface area contributed by atoms with Gasteiger partial charge in [-0.15, -0.1) is 6.42 Å². The first-order chi connectivity index (χ1) is 16.4. The summed E-state index contributed by atoms with van der Waals surface area (Å²) < 4.78 is 11.8. The van der Waals surface area contributed by atoms with E-state index in [1.807, 2.05) is 6.07 Å². The van der Waals surface area contributed by atoms with E-state index in [4.69, 9.17) is 39.1 Å². The van der Waals surface area contributed by atoms with Crippen molar-refractivity contribution >= 4 is 56.8 Å². The summed E-state index contributed by atoms with van der Waals surface area (Å²) in [6.45, 7) is 0.406. The van der Waals surface area contributed by atoms with Gasteiger partial charge < -0.3 is 14.8 Å². The fourth-order valence-corrected chi connectivity index (χ4v) is 3.77. The van der Waals surface area contributed by atoms with Gasteiger partial charge in [-0.25, -0.2) is 0 Å². The zero-order chi connectivity index (χ0) is 24.5. The zero-order valence-electron chi connectivity index (χ0n) is 17.6. The van der Waals surface area contributed by atoms with Gasteiger partial charge in [0.05, 0.1) is 4.47 Å². The second-order valence-corrected chi connectivity index (χ2v) is 8.55. The predicted molar refractivity (Wildman–Crippen MR) is 138 cm³/mol. The monoisotopic (exact) mass is 554 g/mol. The minimum Gasteiger partial charge on any atom is -0.489 e. The van der Waals surface area contributed by atoms with Crippen molar-refractivity contribution in [3.05, 3.63) is 91.9 Å². The number of hydrogen-bond acceptors (Lipinski definition) is 4. The Labute approximate surface area is 216 Å². The lowest BCUT2D eigenvalue weighted by Crippen LogP contribution is -2.13. The van der Waals surface area contributed by atoms with Crippen molar-refractivity contribution in [3.8, 4) is 29.9 Å². The fraction of sp³-hybridized carbons (Fsp3) is 0.0769. The number of anilines is 1. The largest absolute Gasteiger partial charge is 0.489 e. The summed E-state index contributed by atoms with van der Waals surface area (Å²) in [5.41, 5.74) is 1.91. The summed E-state index contributed by atoms with van der Waals surface area (Å²) >= 11 is 15.5. The molecule has 0 saturated carbocycles. The standard InChI is InChI=1S/C26H17BrCl2N2O3/c1-2-11-33-25-10-3-17(13-23(25)27)12-19(15-30)26(32)31-21-6-8-22(9-7-21)34-16-18-4-5-20(28)14-24(18)29/h1,3-10,12-14H,11,16H2,(H,31,32)/b19-12+. The number of amides is 1. The van der Waals surface area contributed by atoms with Crippen LogP contribution in [0, 0.1) is 23.7 Å². The van der Waals surface area contributed by atoms with Crippen molar-refractivity contribution < 1.29 is 14.3 Å². The van der Waals surface area contributed by atoms with E-state index in [0.717, 1.165) is 5.56 Å². The molecule has 0 unspecified atom stereocenters. The lowest BCUT2D eigenvalue weighted by atomic mass is 10.1. The number of hydrogen-bond donors (Lipinski definition) is 1. The molecule has 5 nitrogen and oxygen atoms in total. The van der Waals surface area contributed by atoms with Crippen LogP contribution in [-0.2, 0) is 11.4 Å². The van der Waals surface area contributed by atoms with Gasteiger partial charge in [-0.3, -0.25) is 4.79 Å². The highest BCUT2D eigenvalue weighted by Gasteiger charge is 2.11. The van der Waals surface area contributed by atoms with Crippen LogP contribution >= 0.6 is 39.1 Å². The molecule has 0 aliphatic rings. The number of halogens is 3. The van der Waals surface area contributed by atoms with Crippen LogP contribution in [0.15, 0.2) is 70.7 Å². The number of nitriles is 1. The Bertz CT molecular complexity index is 1310. The van der Waals surface area contributed by atoms with Crippen LogP contribution in [-0.4, -0.2) is 12.5 Å². The molecule has 3 rings (SSSR count). The Hall–Kier alpha value is -3.42. The van der Waals surface area contributed by atoms with Crippen molar-refractivity contribution in [2.75, 3.05) is 11.9 Å². The second kappa shape index (κ2) is 12.2. The van der Waals surface area contributed by atoms with Crippen molar-refractivity contribution in [1.82, 2.24) is 0 Å². The van der Waals surface area contributed by atoms with Crippen molar-refractivity contribution in [1.29, 1.82) is 5.26 Å². The Morgan fingerprint density at radius 1 is 1.09 bits per heavy atom. The Kier molecular flexibility index (Phi) is 9.01. The van der Waals surface area contributed by atoms with Crippen LogP contribution in [0.3, 0.4) is 0 Å². The summed E-state index contributed by atoms with van der Waals surface area (Å²) in [6.07, 6.45) is 6.68. The number of rotatable bonds is 8. The number of nitrogens with zero attached hydrogens (tertiary/aromatic N) is 1. The van der Waals surface area contributed by atoms with E-state index < -0.39 is 5.91 Å². The fourth-order valence-electron chi connectivity index (χ4n) is 2.79. The van der Waals surface area contributed by atoms with Crippen LogP contribution in [0.1, 0.15) is 11.1 Å². The molecule has 0 heterocycles. The molecule has 0 aliphatic heterocycles. The van der Waals surface area contributed by atoms with Crippen molar-refractivity contribution in [3.63, 3.8) is 0 Å². The van der Waals surface area contributed by atoms with Crippen molar-refractivity contribution in [2.24, 2.45) is 0 Å². The maximum absolute atomic E-state index is 12.6. The molecule has 0 spiro atoms. The van der Waals surface area contributed by atoms with Gasteiger partial charge in [0.15, 0.2) is 0 Å². The molecule has 3 aromatic rings. The van der Waals surface area contributed by atoms with Gasteiger partial charge in [0, 0.05) is 21.3 Å². The van der Waals surface area contributed by atoms with Gasteiger partial charge in [-0.05, 0) is 76.1 Å². The summed E-state index contributed by atoms with van der Waals surface area (Å²) in [5, 5.41) is 13.2. The van der Waals surface area contributed by atoms with Crippen LogP contribution in [0.2, 0.25) is 10.0 Å². The molecule has 0 saturated heterocycles. The molecule has 1 amide bonds. The first-order valence-corrected chi connectivity index (χ1v) is 11.4. The van der Waals surface area contributed by atoms with Crippen LogP contribution in [0.5, 0.6) is 11.5 Å². The maximum atomic E-state index is 12.6. The lowest BCUT2D eigenvalue weighted by molar-refractivity contribution is -0.112. The lowest BCUT2D eigenvalue weighted by Gasteiger charge is -2.10. The molecule has 170 valence electrons. The van der Waals surface area contributed by atoms with Gasteiger partial charge in [0.2, 0.25) is 0 Å². The number of benzene rings is 3. The average Bonchev–Trinajstić information content (AvgIpc) is 2.82. The molecule has 34 heavy (non-hydrogen) atoms. The highest BCUT2D eigenvalue weighted by atomic mass is 79.9. The third-order valence-electron chi connectivity index (χ3n) is 4.46. The van der Waals surface area contributed by atoms with E-state index in [2.05, 4.69) is 27.2 Å². The number of carbonyl (C=O) groups is 1. The highest BCUT2D eigenvalue weighted by molar-refractivity contribution is 9.10. The third-order valence-corrected chi connectivity index (χ3v) is 5.67. The molecule has 0 bridgehead atoms. The molecule has 1 N–H and O–H groups in total. The molecule has 0 aromatic heterocycles. The van der Waals surface area contributed by atoms with Gasteiger partial charge in [-0.1, -0.05) is 41.3 Å². The summed E-state index contributed by atoms with van der Waals surface area (Å²) in [6, 6.07) is 19.1. The number of terminal acetylenes is 1.